The van der Waals surface area contributed by atoms with Crippen molar-refractivity contribution in [3.63, 3.8) is 0 Å². The zero-order valence-electron chi connectivity index (χ0n) is 20.1. The first-order valence-electron chi connectivity index (χ1n) is 12.7. The number of ether oxygens (including phenoxy) is 1. The third-order valence-electron chi connectivity index (χ3n) is 10.3. The van der Waals surface area contributed by atoms with Crippen molar-refractivity contribution in [3.05, 3.63) is 11.6 Å². The van der Waals surface area contributed by atoms with Crippen LogP contribution in [0, 0.1) is 40.4 Å². The van der Waals surface area contributed by atoms with Gasteiger partial charge in [-0.3, -0.25) is 0 Å². The van der Waals surface area contributed by atoms with Gasteiger partial charge in [0.2, 0.25) is 0 Å². The average Bonchev–Trinajstić information content (AvgIpc) is 3.04. The SMILES string of the molecule is CO[C@H]1CC[C@@]2(C)C(=CC[C@H]3[C@@H]4CC[C@H](C(C)NCCC(C)C)[C@@]4(C)CC[C@@H]32)C1. The summed E-state index contributed by atoms with van der Waals surface area (Å²) >= 11 is 0. The molecule has 3 saturated carbocycles. The number of methoxy groups -OCH3 is 1. The standard InChI is InChI=1S/C27H47NO/c1-18(2)13-16-28-19(3)23-9-10-24-22-8-7-20-17-21(29-6)11-14-26(20,4)25(22)12-15-27(23,24)5/h7,18-19,21-25,28H,8-17H2,1-6H3/t19?,21-,22-,23+,24-,25-,26-,27+/m0/s1. The lowest BCUT2D eigenvalue weighted by molar-refractivity contribution is -0.0567. The second-order valence-corrected chi connectivity index (χ2v) is 12.0. The zero-order valence-corrected chi connectivity index (χ0v) is 20.1. The smallest absolute Gasteiger partial charge is 0.0608 e. The van der Waals surface area contributed by atoms with Crippen molar-refractivity contribution in [2.45, 2.75) is 105 Å². The molecular weight excluding hydrogens is 354 g/mol. The second kappa shape index (κ2) is 8.30. The molecule has 166 valence electrons. The number of rotatable bonds is 6. The van der Waals surface area contributed by atoms with Gasteiger partial charge in [0.05, 0.1) is 6.10 Å². The van der Waals surface area contributed by atoms with Gasteiger partial charge >= 0.3 is 0 Å². The molecule has 4 aliphatic carbocycles. The Labute approximate surface area is 180 Å². The number of hydrogen-bond acceptors (Lipinski definition) is 2. The Morgan fingerprint density at radius 2 is 1.86 bits per heavy atom. The quantitative estimate of drug-likeness (QED) is 0.506. The van der Waals surface area contributed by atoms with E-state index in [1.807, 2.05) is 7.11 Å². The van der Waals surface area contributed by atoms with Gasteiger partial charge in [-0.2, -0.15) is 0 Å². The average molecular weight is 402 g/mol. The molecule has 8 atom stereocenters. The molecule has 2 nitrogen and oxygen atoms in total. The molecule has 0 saturated heterocycles. The lowest BCUT2D eigenvalue weighted by Crippen LogP contribution is -2.52. The third kappa shape index (κ3) is 3.75. The largest absolute Gasteiger partial charge is 0.381 e. The maximum Gasteiger partial charge on any atom is 0.0608 e. The third-order valence-corrected chi connectivity index (χ3v) is 10.3. The molecule has 29 heavy (non-hydrogen) atoms. The van der Waals surface area contributed by atoms with Crippen LogP contribution in [0.2, 0.25) is 0 Å². The van der Waals surface area contributed by atoms with Crippen molar-refractivity contribution in [1.29, 1.82) is 0 Å². The van der Waals surface area contributed by atoms with Gasteiger partial charge in [-0.25, -0.2) is 0 Å². The van der Waals surface area contributed by atoms with Gasteiger partial charge in [-0.05, 0) is 112 Å². The minimum Gasteiger partial charge on any atom is -0.381 e. The van der Waals surface area contributed by atoms with Crippen LogP contribution in [0.25, 0.3) is 0 Å². The first kappa shape index (κ1) is 21.9. The fourth-order valence-corrected chi connectivity index (χ4v) is 8.43. The summed E-state index contributed by atoms with van der Waals surface area (Å²) < 4.78 is 5.75. The summed E-state index contributed by atoms with van der Waals surface area (Å²) in [5.41, 5.74) is 2.76. The summed E-state index contributed by atoms with van der Waals surface area (Å²) in [7, 11) is 1.90. The Morgan fingerprint density at radius 3 is 2.59 bits per heavy atom. The molecule has 4 rings (SSSR count). The highest BCUT2D eigenvalue weighted by molar-refractivity contribution is 5.25. The number of hydrogen-bond donors (Lipinski definition) is 1. The molecule has 0 heterocycles. The molecule has 0 amide bonds. The van der Waals surface area contributed by atoms with E-state index in [2.05, 4.69) is 46.0 Å². The van der Waals surface area contributed by atoms with Crippen molar-refractivity contribution in [3.8, 4) is 0 Å². The Hall–Kier alpha value is -0.340. The number of allylic oxidation sites excluding steroid dienone is 1. The van der Waals surface area contributed by atoms with E-state index in [4.69, 9.17) is 4.74 Å². The van der Waals surface area contributed by atoms with E-state index in [-0.39, 0.29) is 0 Å². The van der Waals surface area contributed by atoms with E-state index >= 15 is 0 Å². The predicted octanol–water partition coefficient (Wildman–Crippen LogP) is 6.60. The summed E-state index contributed by atoms with van der Waals surface area (Å²) in [5.74, 6) is 4.45. The number of fused-ring (bicyclic) bond motifs is 5. The molecule has 0 spiro atoms. The van der Waals surface area contributed by atoms with E-state index < -0.39 is 0 Å². The van der Waals surface area contributed by atoms with E-state index in [0.29, 0.717) is 23.0 Å². The van der Waals surface area contributed by atoms with E-state index in [9.17, 15) is 0 Å². The fraction of sp³-hybridized carbons (Fsp3) is 0.926. The monoisotopic (exact) mass is 401 g/mol. The van der Waals surface area contributed by atoms with Crippen molar-refractivity contribution >= 4 is 0 Å². The molecule has 0 aromatic rings. The Bertz CT molecular complexity index is 612. The Morgan fingerprint density at radius 1 is 1.07 bits per heavy atom. The summed E-state index contributed by atoms with van der Waals surface area (Å²) in [6, 6.07) is 0.669. The predicted molar refractivity (Wildman–Crippen MR) is 123 cm³/mol. The molecular formula is C27H47NO. The summed E-state index contributed by atoms with van der Waals surface area (Å²) in [6.45, 7) is 13.6. The van der Waals surface area contributed by atoms with Crippen LogP contribution in [-0.2, 0) is 4.74 Å². The zero-order chi connectivity index (χ0) is 20.8. The minimum atomic E-state index is 0.457. The van der Waals surface area contributed by atoms with Crippen molar-refractivity contribution < 1.29 is 4.74 Å². The van der Waals surface area contributed by atoms with Gasteiger partial charge in [0.1, 0.15) is 0 Å². The van der Waals surface area contributed by atoms with Crippen molar-refractivity contribution in [1.82, 2.24) is 5.32 Å². The summed E-state index contributed by atoms with van der Waals surface area (Å²) in [5, 5.41) is 3.92. The summed E-state index contributed by atoms with van der Waals surface area (Å²) in [6.07, 6.45) is 15.4. The van der Waals surface area contributed by atoms with Gasteiger partial charge in [0.25, 0.3) is 0 Å². The molecule has 0 aromatic carbocycles. The molecule has 1 unspecified atom stereocenters. The van der Waals surface area contributed by atoms with Gasteiger partial charge in [-0.1, -0.05) is 39.3 Å². The van der Waals surface area contributed by atoms with Gasteiger partial charge in [0, 0.05) is 13.2 Å². The molecule has 0 aliphatic heterocycles. The molecule has 0 aromatic heterocycles. The van der Waals surface area contributed by atoms with Crippen LogP contribution < -0.4 is 5.32 Å². The minimum absolute atomic E-state index is 0.457. The lowest BCUT2D eigenvalue weighted by atomic mass is 9.47. The molecule has 2 heteroatoms. The maximum absolute atomic E-state index is 5.75. The van der Waals surface area contributed by atoms with Crippen LogP contribution in [0.15, 0.2) is 11.6 Å². The highest BCUT2D eigenvalue weighted by Gasteiger charge is 2.59. The van der Waals surface area contributed by atoms with Gasteiger partial charge < -0.3 is 10.1 Å². The molecule has 3 fully saturated rings. The number of nitrogens with one attached hydrogen (secondary N) is 1. The lowest BCUT2D eigenvalue weighted by Gasteiger charge is -2.58. The van der Waals surface area contributed by atoms with Gasteiger partial charge in [-0.15, -0.1) is 0 Å². The van der Waals surface area contributed by atoms with E-state index in [1.54, 1.807) is 5.57 Å². The summed E-state index contributed by atoms with van der Waals surface area (Å²) in [4.78, 5) is 0. The van der Waals surface area contributed by atoms with E-state index in [0.717, 1.165) is 29.6 Å². The van der Waals surface area contributed by atoms with Crippen LogP contribution in [0.5, 0.6) is 0 Å². The highest BCUT2D eigenvalue weighted by atomic mass is 16.5. The van der Waals surface area contributed by atoms with Crippen LogP contribution in [0.3, 0.4) is 0 Å². The first-order chi connectivity index (χ1) is 13.8. The molecule has 0 bridgehead atoms. The highest BCUT2D eigenvalue weighted by Crippen LogP contribution is 2.66. The fourth-order valence-electron chi connectivity index (χ4n) is 8.43. The van der Waals surface area contributed by atoms with Crippen LogP contribution in [0.1, 0.15) is 92.4 Å². The Kier molecular flexibility index (Phi) is 6.26. The Balaban J connectivity index is 1.48. The molecule has 1 N–H and O–H groups in total. The van der Waals surface area contributed by atoms with Crippen LogP contribution in [-0.4, -0.2) is 25.8 Å². The first-order valence-corrected chi connectivity index (χ1v) is 12.7. The van der Waals surface area contributed by atoms with Crippen molar-refractivity contribution in [2.24, 2.45) is 40.4 Å². The van der Waals surface area contributed by atoms with Crippen LogP contribution in [0.4, 0.5) is 0 Å². The molecule has 0 radical (unpaired) electrons. The van der Waals surface area contributed by atoms with Crippen LogP contribution >= 0.6 is 0 Å². The van der Waals surface area contributed by atoms with Crippen molar-refractivity contribution in [2.75, 3.05) is 13.7 Å². The topological polar surface area (TPSA) is 21.3 Å². The molecule has 4 aliphatic rings. The second-order valence-electron chi connectivity index (χ2n) is 12.0. The maximum atomic E-state index is 5.75. The normalized spacial score (nSPS) is 45.3. The van der Waals surface area contributed by atoms with E-state index in [1.165, 1.54) is 64.3 Å². The van der Waals surface area contributed by atoms with Gasteiger partial charge in [0.15, 0.2) is 0 Å².